The molecular formula is C11H13FO2. The number of aromatic hydroxyl groups is 1. The number of rotatable bonds is 2. The number of phenols is 1. The molecular weight excluding hydrogens is 183 g/mol. The second kappa shape index (κ2) is 3.78. The van der Waals surface area contributed by atoms with Crippen LogP contribution in [0.15, 0.2) is 12.1 Å². The third-order valence-electron chi connectivity index (χ3n) is 2.08. The van der Waals surface area contributed by atoms with E-state index in [2.05, 4.69) is 0 Å². The minimum atomic E-state index is -0.660. The first-order chi connectivity index (χ1) is 6.43. The summed E-state index contributed by atoms with van der Waals surface area (Å²) >= 11 is 0. The van der Waals surface area contributed by atoms with E-state index in [0.717, 1.165) is 6.07 Å². The minimum absolute atomic E-state index is 0.0512. The molecule has 0 saturated carbocycles. The van der Waals surface area contributed by atoms with Gasteiger partial charge in [0.2, 0.25) is 0 Å². The number of Topliss-reactive ketones (excluding diaryl/α,β-unsaturated/α-hetero) is 1. The van der Waals surface area contributed by atoms with Gasteiger partial charge in [-0.05, 0) is 18.6 Å². The molecule has 1 rings (SSSR count). The van der Waals surface area contributed by atoms with Crippen molar-refractivity contribution in [3.8, 4) is 5.75 Å². The Morgan fingerprint density at radius 2 is 2.00 bits per heavy atom. The smallest absolute Gasteiger partial charge is 0.168 e. The van der Waals surface area contributed by atoms with Gasteiger partial charge in [0.1, 0.15) is 11.6 Å². The molecule has 0 heterocycles. The lowest BCUT2D eigenvalue weighted by Gasteiger charge is -2.07. The van der Waals surface area contributed by atoms with Crippen LogP contribution in [0.1, 0.15) is 29.8 Å². The molecule has 0 aliphatic carbocycles. The fraction of sp³-hybridized carbons (Fsp3) is 0.364. The van der Waals surface area contributed by atoms with Crippen LogP contribution >= 0.6 is 0 Å². The lowest BCUT2D eigenvalue weighted by Crippen LogP contribution is -2.10. The lowest BCUT2D eigenvalue weighted by atomic mass is 9.99. The molecule has 0 radical (unpaired) electrons. The zero-order chi connectivity index (χ0) is 10.9. The zero-order valence-corrected chi connectivity index (χ0v) is 8.47. The second-order valence-electron chi connectivity index (χ2n) is 3.64. The Morgan fingerprint density at radius 3 is 2.50 bits per heavy atom. The Bertz CT molecular complexity index is 370. The highest BCUT2D eigenvalue weighted by atomic mass is 19.1. The molecule has 14 heavy (non-hydrogen) atoms. The van der Waals surface area contributed by atoms with Crippen molar-refractivity contribution in [1.29, 1.82) is 0 Å². The Hall–Kier alpha value is -1.38. The third kappa shape index (κ3) is 1.92. The maximum absolute atomic E-state index is 13.3. The summed E-state index contributed by atoms with van der Waals surface area (Å²) in [6, 6.07) is 2.36. The van der Waals surface area contributed by atoms with E-state index < -0.39 is 5.82 Å². The van der Waals surface area contributed by atoms with Crippen molar-refractivity contribution in [3.63, 3.8) is 0 Å². The normalized spacial score (nSPS) is 10.6. The van der Waals surface area contributed by atoms with Crippen molar-refractivity contribution >= 4 is 5.78 Å². The molecule has 1 aromatic rings. The van der Waals surface area contributed by atoms with Crippen molar-refractivity contribution in [3.05, 3.63) is 29.1 Å². The van der Waals surface area contributed by atoms with Crippen molar-refractivity contribution in [2.75, 3.05) is 0 Å². The summed E-state index contributed by atoms with van der Waals surface area (Å²) in [4.78, 5) is 11.5. The number of halogens is 1. The molecule has 1 aromatic carbocycles. The first-order valence-corrected chi connectivity index (χ1v) is 4.46. The van der Waals surface area contributed by atoms with Gasteiger partial charge >= 0.3 is 0 Å². The molecule has 0 unspecified atom stereocenters. The number of carbonyl (C=O) groups is 1. The van der Waals surface area contributed by atoms with Crippen LogP contribution in [-0.2, 0) is 0 Å². The summed E-state index contributed by atoms with van der Waals surface area (Å²) in [6.45, 7) is 5.06. The van der Waals surface area contributed by atoms with Gasteiger partial charge in [-0.3, -0.25) is 4.79 Å². The highest BCUT2D eigenvalue weighted by Crippen LogP contribution is 2.22. The van der Waals surface area contributed by atoms with Crippen LogP contribution in [-0.4, -0.2) is 10.9 Å². The number of aryl methyl sites for hydroxylation is 1. The predicted octanol–water partition coefficient (Wildman–Crippen LogP) is 2.68. The predicted molar refractivity (Wildman–Crippen MR) is 52.0 cm³/mol. The molecule has 0 saturated heterocycles. The summed E-state index contributed by atoms with van der Waals surface area (Å²) < 4.78 is 13.3. The number of hydrogen-bond acceptors (Lipinski definition) is 2. The number of carbonyl (C=O) groups excluding carboxylic acids is 1. The highest BCUT2D eigenvalue weighted by Gasteiger charge is 2.16. The molecule has 0 aromatic heterocycles. The van der Waals surface area contributed by atoms with Crippen LogP contribution < -0.4 is 0 Å². The maximum atomic E-state index is 13.3. The third-order valence-corrected chi connectivity index (χ3v) is 2.08. The second-order valence-corrected chi connectivity index (χ2v) is 3.64. The average Bonchev–Trinajstić information content (AvgIpc) is 2.10. The van der Waals surface area contributed by atoms with E-state index in [0.29, 0.717) is 5.56 Å². The van der Waals surface area contributed by atoms with Gasteiger partial charge in [0.05, 0.1) is 5.56 Å². The van der Waals surface area contributed by atoms with Crippen LogP contribution in [0.2, 0.25) is 0 Å². The van der Waals surface area contributed by atoms with Crippen molar-refractivity contribution < 1.29 is 14.3 Å². The number of phenolic OH excluding ortho intramolecular Hbond substituents is 1. The Balaban J connectivity index is 3.22. The van der Waals surface area contributed by atoms with E-state index >= 15 is 0 Å². The fourth-order valence-electron chi connectivity index (χ4n) is 1.17. The highest BCUT2D eigenvalue weighted by molar-refractivity contribution is 5.98. The average molecular weight is 196 g/mol. The van der Waals surface area contributed by atoms with Gasteiger partial charge in [0.15, 0.2) is 5.78 Å². The largest absolute Gasteiger partial charge is 0.508 e. The summed E-state index contributed by atoms with van der Waals surface area (Å²) in [5, 5.41) is 9.19. The zero-order valence-electron chi connectivity index (χ0n) is 8.47. The molecule has 0 aliphatic heterocycles. The van der Waals surface area contributed by atoms with Gasteiger partial charge < -0.3 is 5.11 Å². The standard InChI is InChI=1S/C11H13FO2/c1-6(2)11(14)8-4-7(3)10(13)5-9(8)12/h4-6,13H,1-3H3. The molecule has 0 aliphatic rings. The molecule has 76 valence electrons. The summed E-state index contributed by atoms with van der Waals surface area (Å²) in [5.41, 5.74) is 0.561. The van der Waals surface area contributed by atoms with Gasteiger partial charge in [0, 0.05) is 12.0 Å². The summed E-state index contributed by atoms with van der Waals surface area (Å²) in [5.74, 6) is -1.27. The topological polar surface area (TPSA) is 37.3 Å². The van der Waals surface area contributed by atoms with E-state index in [9.17, 15) is 14.3 Å². The first-order valence-electron chi connectivity index (χ1n) is 4.46. The lowest BCUT2D eigenvalue weighted by molar-refractivity contribution is 0.0935. The Morgan fingerprint density at radius 1 is 1.43 bits per heavy atom. The van der Waals surface area contributed by atoms with Crippen LogP contribution in [0.5, 0.6) is 5.75 Å². The fourth-order valence-corrected chi connectivity index (χ4v) is 1.17. The van der Waals surface area contributed by atoms with Gasteiger partial charge in [-0.1, -0.05) is 13.8 Å². The number of benzene rings is 1. The SMILES string of the molecule is Cc1cc(C(=O)C(C)C)c(F)cc1O. The summed E-state index contributed by atoms with van der Waals surface area (Å²) in [7, 11) is 0. The quantitative estimate of drug-likeness (QED) is 0.738. The molecule has 0 fully saturated rings. The molecule has 0 spiro atoms. The van der Waals surface area contributed by atoms with Gasteiger partial charge in [-0.25, -0.2) is 4.39 Å². The van der Waals surface area contributed by atoms with Crippen LogP contribution in [0.25, 0.3) is 0 Å². The maximum Gasteiger partial charge on any atom is 0.168 e. The van der Waals surface area contributed by atoms with Crippen molar-refractivity contribution in [1.82, 2.24) is 0 Å². The molecule has 0 atom stereocenters. The molecule has 1 N–H and O–H groups in total. The number of ketones is 1. The summed E-state index contributed by atoms with van der Waals surface area (Å²) in [6.07, 6.45) is 0. The van der Waals surface area contributed by atoms with E-state index in [4.69, 9.17) is 0 Å². The molecule has 0 bridgehead atoms. The van der Waals surface area contributed by atoms with Crippen LogP contribution in [0.3, 0.4) is 0 Å². The molecule has 2 nitrogen and oxygen atoms in total. The van der Waals surface area contributed by atoms with Crippen LogP contribution in [0, 0.1) is 18.7 Å². The van der Waals surface area contributed by atoms with E-state index in [1.165, 1.54) is 6.07 Å². The van der Waals surface area contributed by atoms with E-state index in [-0.39, 0.29) is 23.0 Å². The van der Waals surface area contributed by atoms with Gasteiger partial charge in [-0.15, -0.1) is 0 Å². The van der Waals surface area contributed by atoms with Gasteiger partial charge in [-0.2, -0.15) is 0 Å². The van der Waals surface area contributed by atoms with E-state index in [1.807, 2.05) is 0 Å². The number of hydrogen-bond donors (Lipinski definition) is 1. The Labute approximate surface area is 82.4 Å². The van der Waals surface area contributed by atoms with Gasteiger partial charge in [0.25, 0.3) is 0 Å². The van der Waals surface area contributed by atoms with Crippen molar-refractivity contribution in [2.24, 2.45) is 5.92 Å². The van der Waals surface area contributed by atoms with E-state index in [1.54, 1.807) is 20.8 Å². The Kier molecular flexibility index (Phi) is 2.89. The minimum Gasteiger partial charge on any atom is -0.508 e. The molecule has 0 amide bonds. The van der Waals surface area contributed by atoms with Crippen molar-refractivity contribution in [2.45, 2.75) is 20.8 Å². The monoisotopic (exact) mass is 196 g/mol. The van der Waals surface area contributed by atoms with Crippen LogP contribution in [0.4, 0.5) is 4.39 Å². The molecule has 3 heteroatoms. The first kappa shape index (κ1) is 10.7.